The van der Waals surface area contributed by atoms with E-state index in [0.717, 1.165) is 22.1 Å². The van der Waals surface area contributed by atoms with E-state index in [9.17, 15) is 0 Å². The number of halogens is 1. The van der Waals surface area contributed by atoms with Gasteiger partial charge in [-0.25, -0.2) is 0 Å². The molecule has 0 nitrogen and oxygen atoms in total. The Kier molecular flexibility index (Phi) is 101. The highest BCUT2D eigenvalue weighted by atomic mass is 35.5. The van der Waals surface area contributed by atoms with Gasteiger partial charge in [0.25, 0.3) is 0 Å². The van der Waals surface area contributed by atoms with Crippen molar-refractivity contribution in [2.75, 3.05) is 0 Å². The number of aryl methyl sites for hydroxylation is 3. The summed E-state index contributed by atoms with van der Waals surface area (Å²) in [5.41, 5.74) is 6.06. The van der Waals surface area contributed by atoms with Gasteiger partial charge in [-0.05, 0) is 76.6 Å². The van der Waals surface area contributed by atoms with E-state index in [1.165, 1.54) is 74.5 Å². The van der Waals surface area contributed by atoms with Crippen molar-refractivity contribution in [1.82, 2.24) is 0 Å². The summed E-state index contributed by atoms with van der Waals surface area (Å²) < 4.78 is 0. The number of hydrogen-bond acceptors (Lipinski definition) is 0. The number of allylic oxidation sites excluding steroid dienone is 5. The Balaban J connectivity index is -0.0000000600. The van der Waals surface area contributed by atoms with E-state index in [2.05, 4.69) is 113 Å². The molecule has 0 heterocycles. The van der Waals surface area contributed by atoms with Gasteiger partial charge in [0.15, 0.2) is 0 Å². The zero-order valence-electron chi connectivity index (χ0n) is 40.5. The molecule has 0 saturated carbocycles. The third-order valence-electron chi connectivity index (χ3n) is 5.40. The largest absolute Gasteiger partial charge is 0.115 e. The predicted octanol–water partition coefficient (Wildman–Crippen LogP) is 20.0. The molecule has 53 heavy (non-hydrogen) atoms. The second kappa shape index (κ2) is 74.6. The molecule has 2 aromatic carbocycles. The van der Waals surface area contributed by atoms with Crippen molar-refractivity contribution in [3.63, 3.8) is 0 Å². The van der Waals surface area contributed by atoms with Gasteiger partial charge >= 0.3 is 0 Å². The van der Waals surface area contributed by atoms with Gasteiger partial charge in [-0.15, -0.1) is 13.0 Å². The van der Waals surface area contributed by atoms with Crippen LogP contribution < -0.4 is 0 Å². The van der Waals surface area contributed by atoms with Crippen LogP contribution in [0.15, 0.2) is 78.9 Å². The van der Waals surface area contributed by atoms with Crippen LogP contribution in [0.5, 0.6) is 0 Å². The molecule has 0 N–H and O–H groups in total. The summed E-state index contributed by atoms with van der Waals surface area (Å²) in [4.78, 5) is 0. The fraction of sp³-hybridized carbons (Fsp3) is 0.615. The minimum atomic E-state index is 0.848. The van der Waals surface area contributed by atoms with Crippen LogP contribution in [-0.4, -0.2) is 0 Å². The van der Waals surface area contributed by atoms with E-state index in [1.807, 2.05) is 113 Å². The van der Waals surface area contributed by atoms with Crippen molar-refractivity contribution < 1.29 is 0 Å². The molecule has 0 unspecified atom stereocenters. The van der Waals surface area contributed by atoms with Crippen LogP contribution in [0.25, 0.3) is 0 Å². The highest BCUT2D eigenvalue weighted by Crippen LogP contribution is 2.15. The van der Waals surface area contributed by atoms with E-state index in [0.29, 0.717) is 0 Å². The molecule has 314 valence electrons. The molecular weight excluding hydrogens is 660 g/mol. The van der Waals surface area contributed by atoms with Crippen molar-refractivity contribution in [3.8, 4) is 12.3 Å². The van der Waals surface area contributed by atoms with Crippen molar-refractivity contribution in [2.45, 2.75) is 210 Å². The molecule has 2 aromatic rings. The molecule has 1 aliphatic rings. The fourth-order valence-electron chi connectivity index (χ4n) is 3.38. The highest BCUT2D eigenvalue weighted by molar-refractivity contribution is 6.31. The van der Waals surface area contributed by atoms with E-state index >= 15 is 0 Å². The monoisotopic (exact) mass is 759 g/mol. The van der Waals surface area contributed by atoms with Gasteiger partial charge in [-0.3, -0.25) is 0 Å². The van der Waals surface area contributed by atoms with Gasteiger partial charge in [0.1, 0.15) is 0 Å². The van der Waals surface area contributed by atoms with Gasteiger partial charge in [-0.1, -0.05) is 246 Å². The molecule has 0 fully saturated rings. The molecule has 0 amide bonds. The van der Waals surface area contributed by atoms with Gasteiger partial charge in [0.05, 0.1) is 0 Å². The molecule has 3 rings (SSSR count). The van der Waals surface area contributed by atoms with Crippen LogP contribution in [-0.2, 0) is 0 Å². The second-order valence-electron chi connectivity index (χ2n) is 11.4. The summed E-state index contributed by atoms with van der Waals surface area (Å²) in [6.45, 7) is 49.1. The van der Waals surface area contributed by atoms with Crippen LogP contribution in [0.1, 0.15) is 212 Å². The normalized spacial score (nSPS) is 8.92. The van der Waals surface area contributed by atoms with Gasteiger partial charge < -0.3 is 0 Å². The minimum absolute atomic E-state index is 0.848. The Morgan fingerprint density at radius 2 is 1.11 bits per heavy atom. The maximum absolute atomic E-state index is 5.78. The molecule has 0 aromatic heterocycles. The number of benzene rings is 2. The fourth-order valence-corrected chi connectivity index (χ4v) is 3.50. The standard InChI is InChI=1S/C9H8.C8H9Cl.C8H18.C7H10.3C3H8.C3H6.4C2H6/c1-3-9-7-5-4-6-8(9)2;1-6-3-4-8(9)7(2)5-6;1-4-6-8(3)7-5-2;1-7-5-3-2-4-6-7;4*1-3-2;4*1-2/h1,4-7H,2H3;3-5H,1-2H3;8H,4-7H2,1-3H3;2-3,5H,4,6H2,1H3;3*3H2,1-2H3;3H,1H2,2H3;4*1-2H3. The maximum Gasteiger partial charge on any atom is 0.0435 e. The summed E-state index contributed by atoms with van der Waals surface area (Å²) in [5, 5.41) is 0.848. The van der Waals surface area contributed by atoms with E-state index in [1.54, 1.807) is 6.08 Å². The lowest BCUT2D eigenvalue weighted by Gasteiger charge is -2.05. The SMILES string of the molecule is C#Cc1ccccc1C.C=CC.CC.CC.CC.CC.CC1=CC=CCC1.CCC.CCC.CCC.CCCC(C)CCC.Cc1ccc(Cl)c(C)c1. The van der Waals surface area contributed by atoms with Crippen LogP contribution in [0.3, 0.4) is 0 Å². The summed E-state index contributed by atoms with van der Waals surface area (Å²) in [5.74, 6) is 3.56. The minimum Gasteiger partial charge on any atom is -0.115 e. The first kappa shape index (κ1) is 71.9. The van der Waals surface area contributed by atoms with Crippen LogP contribution >= 0.6 is 11.6 Å². The lowest BCUT2D eigenvalue weighted by atomic mass is 10.0. The highest BCUT2D eigenvalue weighted by Gasteiger charge is 1.96. The zero-order chi connectivity index (χ0) is 43.9. The molecule has 0 spiro atoms. The average molecular weight is 760 g/mol. The molecule has 0 bridgehead atoms. The molecule has 0 radical (unpaired) electrons. The Morgan fingerprint density at radius 1 is 0.717 bits per heavy atom. The third-order valence-corrected chi connectivity index (χ3v) is 5.82. The van der Waals surface area contributed by atoms with Gasteiger partial charge in [-0.2, -0.15) is 0 Å². The van der Waals surface area contributed by atoms with Crippen molar-refractivity contribution >= 4 is 11.6 Å². The Labute approximate surface area is 344 Å². The molecular formula is C52H99Cl. The van der Waals surface area contributed by atoms with Crippen molar-refractivity contribution in [2.24, 2.45) is 5.92 Å². The summed E-state index contributed by atoms with van der Waals surface area (Å²) >= 11 is 5.78. The van der Waals surface area contributed by atoms with E-state index in [-0.39, 0.29) is 0 Å². The van der Waals surface area contributed by atoms with E-state index < -0.39 is 0 Å². The third kappa shape index (κ3) is 79.4. The van der Waals surface area contributed by atoms with E-state index in [4.69, 9.17) is 18.0 Å². The van der Waals surface area contributed by atoms with Crippen LogP contribution in [0.4, 0.5) is 0 Å². The second-order valence-corrected chi connectivity index (χ2v) is 11.8. The average Bonchev–Trinajstić information content (AvgIpc) is 3.16. The summed E-state index contributed by atoms with van der Waals surface area (Å²) in [7, 11) is 0. The maximum atomic E-state index is 5.78. The molecule has 1 aliphatic carbocycles. The smallest absolute Gasteiger partial charge is 0.0435 e. The summed E-state index contributed by atoms with van der Waals surface area (Å²) in [6.07, 6.45) is 25.2. The summed E-state index contributed by atoms with van der Waals surface area (Å²) in [6, 6.07) is 13.9. The zero-order valence-corrected chi connectivity index (χ0v) is 41.2. The van der Waals surface area contributed by atoms with Crippen molar-refractivity contribution in [3.05, 3.63) is 106 Å². The Bertz CT molecular complexity index is 960. The number of rotatable bonds is 4. The topological polar surface area (TPSA) is 0 Å². The van der Waals surface area contributed by atoms with Gasteiger partial charge in [0.2, 0.25) is 0 Å². The number of hydrogen-bond donors (Lipinski definition) is 0. The number of terminal acetylenes is 1. The van der Waals surface area contributed by atoms with Gasteiger partial charge in [0, 0.05) is 10.6 Å². The first-order valence-corrected chi connectivity index (χ1v) is 21.9. The quantitative estimate of drug-likeness (QED) is 0.215. The van der Waals surface area contributed by atoms with Crippen LogP contribution in [0, 0.1) is 39.0 Å². The molecule has 0 saturated heterocycles. The Morgan fingerprint density at radius 3 is 1.34 bits per heavy atom. The first-order valence-electron chi connectivity index (χ1n) is 21.5. The first-order chi connectivity index (χ1) is 25.4. The van der Waals surface area contributed by atoms with Crippen LogP contribution in [0.2, 0.25) is 5.02 Å². The molecule has 0 atom stereocenters. The lowest BCUT2D eigenvalue weighted by molar-refractivity contribution is 0.480. The molecule has 1 heteroatoms. The Hall–Kier alpha value is -2.49. The predicted molar refractivity (Wildman–Crippen MR) is 260 cm³/mol. The lowest BCUT2D eigenvalue weighted by Crippen LogP contribution is -1.91. The van der Waals surface area contributed by atoms with Crippen molar-refractivity contribution in [1.29, 1.82) is 0 Å². The molecule has 0 aliphatic heterocycles.